The fourth-order valence-electron chi connectivity index (χ4n) is 2.42. The molecule has 0 bridgehead atoms. The molecule has 2 aromatic carbocycles. The highest BCUT2D eigenvalue weighted by molar-refractivity contribution is 7.12. The summed E-state index contributed by atoms with van der Waals surface area (Å²) in [6, 6.07) is 16.0. The minimum Gasteiger partial charge on any atom is -0.492 e. The molecule has 1 heterocycles. The van der Waals surface area contributed by atoms with Crippen LogP contribution in [0, 0.1) is 6.92 Å². The predicted molar refractivity (Wildman–Crippen MR) is 113 cm³/mol. The average Bonchev–Trinajstić information content (AvgIpc) is 3.23. The zero-order chi connectivity index (χ0) is 19.9. The second-order valence-electron chi connectivity index (χ2n) is 6.04. The summed E-state index contributed by atoms with van der Waals surface area (Å²) in [6.45, 7) is 2.71. The molecule has 2 N–H and O–H groups in total. The number of carbonyl (C=O) groups excluding carboxylic acids is 2. The average molecular weight is 415 g/mol. The predicted octanol–water partition coefficient (Wildman–Crippen LogP) is 4.77. The van der Waals surface area contributed by atoms with Gasteiger partial charge in [0.1, 0.15) is 12.4 Å². The van der Waals surface area contributed by atoms with Gasteiger partial charge in [-0.1, -0.05) is 35.4 Å². The molecule has 0 atom stereocenters. The van der Waals surface area contributed by atoms with Crippen LogP contribution in [0.5, 0.6) is 5.75 Å². The van der Waals surface area contributed by atoms with Gasteiger partial charge in [0.2, 0.25) is 0 Å². The zero-order valence-electron chi connectivity index (χ0n) is 15.2. The summed E-state index contributed by atoms with van der Waals surface area (Å²) < 4.78 is 5.59. The van der Waals surface area contributed by atoms with E-state index in [0.29, 0.717) is 34.3 Å². The lowest BCUT2D eigenvalue weighted by molar-refractivity contribution is 0.0945. The van der Waals surface area contributed by atoms with E-state index in [4.69, 9.17) is 16.3 Å². The van der Waals surface area contributed by atoms with Crippen molar-refractivity contribution in [2.45, 2.75) is 6.92 Å². The van der Waals surface area contributed by atoms with Crippen LogP contribution in [-0.2, 0) is 0 Å². The van der Waals surface area contributed by atoms with E-state index >= 15 is 0 Å². The Labute approximate surface area is 172 Å². The number of carbonyl (C=O) groups is 2. The van der Waals surface area contributed by atoms with Gasteiger partial charge in [-0.3, -0.25) is 9.59 Å². The molecule has 5 nitrogen and oxygen atoms in total. The molecule has 144 valence electrons. The van der Waals surface area contributed by atoms with Gasteiger partial charge in [-0.15, -0.1) is 11.3 Å². The number of rotatable bonds is 7. The maximum absolute atomic E-state index is 12.4. The Morgan fingerprint density at radius 3 is 2.57 bits per heavy atom. The van der Waals surface area contributed by atoms with Crippen LogP contribution in [0.25, 0.3) is 0 Å². The second kappa shape index (κ2) is 9.39. The maximum atomic E-state index is 12.4. The molecule has 0 saturated carbocycles. The van der Waals surface area contributed by atoms with Crippen molar-refractivity contribution in [2.75, 3.05) is 18.5 Å². The van der Waals surface area contributed by atoms with Crippen molar-refractivity contribution >= 4 is 40.4 Å². The van der Waals surface area contributed by atoms with E-state index in [9.17, 15) is 9.59 Å². The summed E-state index contributed by atoms with van der Waals surface area (Å²) in [5.41, 5.74) is 1.95. The van der Waals surface area contributed by atoms with E-state index in [0.717, 1.165) is 11.3 Å². The van der Waals surface area contributed by atoms with Crippen molar-refractivity contribution in [3.63, 3.8) is 0 Å². The van der Waals surface area contributed by atoms with E-state index in [1.54, 1.807) is 30.3 Å². The molecular formula is C21H19ClN2O3S. The van der Waals surface area contributed by atoms with Crippen LogP contribution in [0.1, 0.15) is 25.6 Å². The number of anilines is 1. The van der Waals surface area contributed by atoms with Gasteiger partial charge < -0.3 is 15.4 Å². The fourth-order valence-corrected chi connectivity index (χ4v) is 3.21. The molecule has 0 aliphatic rings. The highest BCUT2D eigenvalue weighted by Gasteiger charge is 2.12. The molecule has 7 heteroatoms. The first-order valence-corrected chi connectivity index (χ1v) is 9.91. The number of halogens is 1. The number of hydrogen-bond donors (Lipinski definition) is 2. The normalized spacial score (nSPS) is 10.4. The van der Waals surface area contributed by atoms with Crippen LogP contribution >= 0.6 is 22.9 Å². The smallest absolute Gasteiger partial charge is 0.265 e. The van der Waals surface area contributed by atoms with Crippen molar-refractivity contribution < 1.29 is 14.3 Å². The highest BCUT2D eigenvalue weighted by Crippen LogP contribution is 2.24. The SMILES string of the molecule is Cc1ccc(OCCNC(=O)c2ccc(Cl)c(NC(=O)c3cccs3)c2)cc1. The number of aryl methyl sites for hydroxylation is 1. The Kier molecular flexibility index (Phi) is 6.68. The Balaban J connectivity index is 1.54. The second-order valence-corrected chi connectivity index (χ2v) is 7.40. The summed E-state index contributed by atoms with van der Waals surface area (Å²) >= 11 is 7.48. The summed E-state index contributed by atoms with van der Waals surface area (Å²) in [5, 5.41) is 7.71. The number of nitrogens with one attached hydrogen (secondary N) is 2. The molecule has 3 aromatic rings. The van der Waals surface area contributed by atoms with Gasteiger partial charge in [0, 0.05) is 5.56 Å². The lowest BCUT2D eigenvalue weighted by Crippen LogP contribution is -2.28. The lowest BCUT2D eigenvalue weighted by Gasteiger charge is -2.10. The molecule has 3 rings (SSSR count). The molecule has 0 aliphatic heterocycles. The van der Waals surface area contributed by atoms with Gasteiger partial charge in [-0.25, -0.2) is 0 Å². The first-order chi connectivity index (χ1) is 13.5. The van der Waals surface area contributed by atoms with E-state index in [1.165, 1.54) is 11.3 Å². The van der Waals surface area contributed by atoms with Gasteiger partial charge >= 0.3 is 0 Å². The minimum atomic E-state index is -0.268. The van der Waals surface area contributed by atoms with Crippen molar-refractivity contribution in [2.24, 2.45) is 0 Å². The number of amides is 2. The Morgan fingerprint density at radius 1 is 1.07 bits per heavy atom. The summed E-state index contributed by atoms with van der Waals surface area (Å²) in [7, 11) is 0. The van der Waals surface area contributed by atoms with Crippen LogP contribution in [0.15, 0.2) is 60.0 Å². The van der Waals surface area contributed by atoms with Crippen molar-refractivity contribution in [1.82, 2.24) is 5.32 Å². The molecular weight excluding hydrogens is 396 g/mol. The molecule has 0 aliphatic carbocycles. The Morgan fingerprint density at radius 2 is 1.86 bits per heavy atom. The standard InChI is InChI=1S/C21H19ClN2O3S/c1-14-4-7-16(8-5-14)27-11-10-23-20(25)15-6-9-17(22)18(13-15)24-21(26)19-3-2-12-28-19/h2-9,12-13H,10-11H2,1H3,(H,23,25)(H,24,26). The number of hydrogen-bond acceptors (Lipinski definition) is 4. The quantitative estimate of drug-likeness (QED) is 0.547. The number of thiophene rings is 1. The van der Waals surface area contributed by atoms with E-state index in [1.807, 2.05) is 36.6 Å². The van der Waals surface area contributed by atoms with Gasteiger partial charge in [-0.05, 0) is 48.7 Å². The van der Waals surface area contributed by atoms with Gasteiger partial charge in [0.15, 0.2) is 0 Å². The van der Waals surface area contributed by atoms with E-state index in [-0.39, 0.29) is 11.8 Å². The third-order valence-corrected chi connectivity index (χ3v) is 5.10. The number of ether oxygens (including phenoxy) is 1. The largest absolute Gasteiger partial charge is 0.492 e. The molecule has 2 amide bonds. The first-order valence-electron chi connectivity index (χ1n) is 8.65. The lowest BCUT2D eigenvalue weighted by atomic mass is 10.2. The van der Waals surface area contributed by atoms with E-state index < -0.39 is 0 Å². The summed E-state index contributed by atoms with van der Waals surface area (Å²) in [4.78, 5) is 25.1. The zero-order valence-corrected chi connectivity index (χ0v) is 16.8. The molecule has 0 spiro atoms. The molecule has 28 heavy (non-hydrogen) atoms. The van der Waals surface area contributed by atoms with Gasteiger partial charge in [-0.2, -0.15) is 0 Å². The maximum Gasteiger partial charge on any atom is 0.265 e. The highest BCUT2D eigenvalue weighted by atomic mass is 35.5. The van der Waals surface area contributed by atoms with Crippen molar-refractivity contribution in [1.29, 1.82) is 0 Å². The van der Waals surface area contributed by atoms with Crippen LogP contribution in [0.2, 0.25) is 5.02 Å². The molecule has 1 aromatic heterocycles. The van der Waals surface area contributed by atoms with Crippen LogP contribution in [0.4, 0.5) is 5.69 Å². The van der Waals surface area contributed by atoms with Crippen LogP contribution < -0.4 is 15.4 Å². The monoisotopic (exact) mass is 414 g/mol. The first kappa shape index (κ1) is 19.9. The van der Waals surface area contributed by atoms with Crippen molar-refractivity contribution in [3.8, 4) is 5.75 Å². The summed E-state index contributed by atoms with van der Waals surface area (Å²) in [5.74, 6) is 0.224. The molecule has 0 radical (unpaired) electrons. The fraction of sp³-hybridized carbons (Fsp3) is 0.143. The third kappa shape index (κ3) is 5.34. The van der Waals surface area contributed by atoms with Gasteiger partial charge in [0.25, 0.3) is 11.8 Å². The minimum absolute atomic E-state index is 0.263. The molecule has 0 fully saturated rings. The van der Waals surface area contributed by atoms with Crippen molar-refractivity contribution in [3.05, 3.63) is 81.0 Å². The van der Waals surface area contributed by atoms with Gasteiger partial charge in [0.05, 0.1) is 22.1 Å². The summed E-state index contributed by atoms with van der Waals surface area (Å²) in [6.07, 6.45) is 0. The molecule has 0 unspecified atom stereocenters. The van der Waals surface area contributed by atoms with Crippen LogP contribution in [-0.4, -0.2) is 25.0 Å². The van der Waals surface area contributed by atoms with Crippen LogP contribution in [0.3, 0.4) is 0 Å². The number of benzene rings is 2. The van der Waals surface area contributed by atoms with E-state index in [2.05, 4.69) is 10.6 Å². The Bertz CT molecular complexity index is 956. The third-order valence-electron chi connectivity index (χ3n) is 3.90. The Hall–Kier alpha value is -2.83. The topological polar surface area (TPSA) is 67.4 Å². The molecule has 0 saturated heterocycles.